The van der Waals surface area contributed by atoms with Gasteiger partial charge in [-0.3, -0.25) is 0 Å². The zero-order valence-corrected chi connectivity index (χ0v) is 10.2. The van der Waals surface area contributed by atoms with Gasteiger partial charge in [-0.05, 0) is 48.8 Å². The molecule has 0 bridgehead atoms. The maximum Gasteiger partial charge on any atom is 0.119 e. The highest BCUT2D eigenvalue weighted by molar-refractivity contribution is 5.29. The summed E-state index contributed by atoms with van der Waals surface area (Å²) in [5, 5.41) is 0. The highest BCUT2D eigenvalue weighted by Gasteiger charge is 2.33. The van der Waals surface area contributed by atoms with E-state index >= 15 is 0 Å². The van der Waals surface area contributed by atoms with Crippen LogP contribution in [0.3, 0.4) is 0 Å². The van der Waals surface area contributed by atoms with E-state index in [1.54, 1.807) is 7.11 Å². The molecule has 88 valence electrons. The highest BCUT2D eigenvalue weighted by Crippen LogP contribution is 2.40. The van der Waals surface area contributed by atoms with E-state index in [0.717, 1.165) is 18.6 Å². The Kier molecular flexibility index (Phi) is 3.20. The Morgan fingerprint density at radius 1 is 1.50 bits per heavy atom. The fourth-order valence-corrected chi connectivity index (χ4v) is 2.81. The summed E-state index contributed by atoms with van der Waals surface area (Å²) in [4.78, 5) is 0. The fraction of sp³-hybridized carbons (Fsp3) is 0.571. The first-order valence-electron chi connectivity index (χ1n) is 6.00. The molecule has 0 aliphatic heterocycles. The van der Waals surface area contributed by atoms with Gasteiger partial charge < -0.3 is 10.5 Å². The van der Waals surface area contributed by atoms with E-state index < -0.39 is 0 Å². The lowest BCUT2D eigenvalue weighted by atomic mass is 9.82. The average molecular weight is 219 g/mol. The lowest BCUT2D eigenvalue weighted by Crippen LogP contribution is -2.21. The van der Waals surface area contributed by atoms with E-state index in [4.69, 9.17) is 10.5 Å². The SMILES string of the molecule is COc1cccc(CC2(C)CCC(N)C2)c1. The Balaban J connectivity index is 2.08. The van der Waals surface area contributed by atoms with Crippen molar-refractivity contribution < 1.29 is 4.74 Å². The number of benzene rings is 1. The molecule has 2 N–H and O–H groups in total. The molecule has 0 aromatic heterocycles. The smallest absolute Gasteiger partial charge is 0.119 e. The Bertz CT molecular complexity index is 364. The van der Waals surface area contributed by atoms with E-state index in [1.165, 1.54) is 18.4 Å². The third kappa shape index (κ3) is 2.56. The Morgan fingerprint density at radius 3 is 2.94 bits per heavy atom. The molecule has 2 heteroatoms. The minimum atomic E-state index is 0.381. The van der Waals surface area contributed by atoms with Crippen LogP contribution in [0.1, 0.15) is 31.7 Å². The van der Waals surface area contributed by atoms with Crippen LogP contribution in [-0.4, -0.2) is 13.2 Å². The molecule has 2 nitrogen and oxygen atoms in total. The summed E-state index contributed by atoms with van der Waals surface area (Å²) in [7, 11) is 1.71. The molecule has 0 heterocycles. The second kappa shape index (κ2) is 4.46. The molecule has 0 radical (unpaired) electrons. The third-order valence-corrected chi connectivity index (χ3v) is 3.64. The molecule has 2 rings (SSSR count). The summed E-state index contributed by atoms with van der Waals surface area (Å²) in [6.45, 7) is 2.35. The topological polar surface area (TPSA) is 35.2 Å². The molecule has 1 aromatic rings. The standard InChI is InChI=1S/C14H21NO/c1-14(7-6-12(15)10-14)9-11-4-3-5-13(8-11)16-2/h3-5,8,12H,6-7,9-10,15H2,1-2H3. The van der Waals surface area contributed by atoms with Gasteiger partial charge in [0.05, 0.1) is 7.11 Å². The van der Waals surface area contributed by atoms with Crippen molar-refractivity contribution >= 4 is 0 Å². The first kappa shape index (κ1) is 11.5. The van der Waals surface area contributed by atoms with Gasteiger partial charge in [0, 0.05) is 6.04 Å². The molecule has 0 spiro atoms. The highest BCUT2D eigenvalue weighted by atomic mass is 16.5. The van der Waals surface area contributed by atoms with Gasteiger partial charge in [0.25, 0.3) is 0 Å². The van der Waals surface area contributed by atoms with Gasteiger partial charge >= 0.3 is 0 Å². The molecule has 2 atom stereocenters. The van der Waals surface area contributed by atoms with Crippen molar-refractivity contribution in [3.05, 3.63) is 29.8 Å². The van der Waals surface area contributed by atoms with Crippen LogP contribution in [0.25, 0.3) is 0 Å². The number of methoxy groups -OCH3 is 1. The summed E-state index contributed by atoms with van der Waals surface area (Å²) in [5.74, 6) is 0.948. The molecule has 1 saturated carbocycles. The second-order valence-electron chi connectivity index (χ2n) is 5.34. The van der Waals surface area contributed by atoms with Crippen LogP contribution < -0.4 is 10.5 Å². The number of rotatable bonds is 3. The molecule has 1 aromatic carbocycles. The summed E-state index contributed by atoms with van der Waals surface area (Å²) < 4.78 is 5.25. The molecular formula is C14H21NO. The summed E-state index contributed by atoms with van der Waals surface area (Å²) in [6, 6.07) is 8.77. The first-order chi connectivity index (χ1) is 7.61. The van der Waals surface area contributed by atoms with Crippen LogP contribution in [0.4, 0.5) is 0 Å². The third-order valence-electron chi connectivity index (χ3n) is 3.64. The molecule has 0 saturated heterocycles. The number of hydrogen-bond acceptors (Lipinski definition) is 2. The molecule has 0 amide bonds. The molecule has 1 fully saturated rings. The number of hydrogen-bond donors (Lipinski definition) is 1. The lowest BCUT2D eigenvalue weighted by Gasteiger charge is -2.24. The van der Waals surface area contributed by atoms with Gasteiger partial charge in [-0.2, -0.15) is 0 Å². The lowest BCUT2D eigenvalue weighted by molar-refractivity contribution is 0.329. The Labute approximate surface area is 97.8 Å². The predicted octanol–water partition coefficient (Wildman–Crippen LogP) is 2.76. The second-order valence-corrected chi connectivity index (χ2v) is 5.34. The zero-order valence-electron chi connectivity index (χ0n) is 10.2. The number of nitrogens with two attached hydrogens (primary N) is 1. The van der Waals surface area contributed by atoms with Gasteiger partial charge in [0.2, 0.25) is 0 Å². The van der Waals surface area contributed by atoms with Crippen molar-refractivity contribution in [3.8, 4) is 5.75 Å². The fourth-order valence-electron chi connectivity index (χ4n) is 2.81. The predicted molar refractivity (Wildman–Crippen MR) is 66.6 cm³/mol. The monoisotopic (exact) mass is 219 g/mol. The quantitative estimate of drug-likeness (QED) is 0.848. The molecule has 16 heavy (non-hydrogen) atoms. The van der Waals surface area contributed by atoms with Gasteiger partial charge in [-0.25, -0.2) is 0 Å². The molecule has 1 aliphatic rings. The van der Waals surface area contributed by atoms with E-state index in [1.807, 2.05) is 6.07 Å². The summed E-state index contributed by atoms with van der Waals surface area (Å²) >= 11 is 0. The first-order valence-corrected chi connectivity index (χ1v) is 6.00. The van der Waals surface area contributed by atoms with Crippen LogP contribution in [0.5, 0.6) is 5.75 Å². The van der Waals surface area contributed by atoms with Crippen LogP contribution >= 0.6 is 0 Å². The van der Waals surface area contributed by atoms with Gasteiger partial charge in [-0.15, -0.1) is 0 Å². The maximum atomic E-state index is 6.00. The van der Waals surface area contributed by atoms with E-state index in [9.17, 15) is 0 Å². The van der Waals surface area contributed by atoms with Gasteiger partial charge in [0.1, 0.15) is 5.75 Å². The Hall–Kier alpha value is -1.02. The Morgan fingerprint density at radius 2 is 2.31 bits per heavy atom. The summed E-state index contributed by atoms with van der Waals surface area (Å²) in [6.07, 6.45) is 4.66. The van der Waals surface area contributed by atoms with Crippen molar-refractivity contribution in [2.45, 2.75) is 38.6 Å². The maximum absolute atomic E-state index is 6.00. The van der Waals surface area contributed by atoms with Crippen LogP contribution in [-0.2, 0) is 6.42 Å². The number of ether oxygens (including phenoxy) is 1. The van der Waals surface area contributed by atoms with Crippen LogP contribution in [0, 0.1) is 5.41 Å². The normalized spacial score (nSPS) is 29.3. The summed E-state index contributed by atoms with van der Waals surface area (Å²) in [5.41, 5.74) is 7.73. The van der Waals surface area contributed by atoms with Crippen molar-refractivity contribution in [2.24, 2.45) is 11.1 Å². The van der Waals surface area contributed by atoms with Crippen molar-refractivity contribution in [3.63, 3.8) is 0 Å². The molecule has 2 unspecified atom stereocenters. The molecular weight excluding hydrogens is 198 g/mol. The van der Waals surface area contributed by atoms with Gasteiger partial charge in [0.15, 0.2) is 0 Å². The average Bonchev–Trinajstić information content (AvgIpc) is 2.58. The van der Waals surface area contributed by atoms with Gasteiger partial charge in [-0.1, -0.05) is 19.1 Å². The van der Waals surface area contributed by atoms with Crippen LogP contribution in [0.2, 0.25) is 0 Å². The zero-order chi connectivity index (χ0) is 11.6. The van der Waals surface area contributed by atoms with Crippen molar-refractivity contribution in [1.82, 2.24) is 0 Å². The van der Waals surface area contributed by atoms with Crippen LogP contribution in [0.15, 0.2) is 24.3 Å². The van der Waals surface area contributed by atoms with Crippen molar-refractivity contribution in [2.75, 3.05) is 7.11 Å². The van der Waals surface area contributed by atoms with E-state index in [2.05, 4.69) is 25.1 Å². The van der Waals surface area contributed by atoms with E-state index in [0.29, 0.717) is 11.5 Å². The minimum absolute atomic E-state index is 0.381. The van der Waals surface area contributed by atoms with E-state index in [-0.39, 0.29) is 0 Å². The van der Waals surface area contributed by atoms with Crippen molar-refractivity contribution in [1.29, 1.82) is 0 Å². The minimum Gasteiger partial charge on any atom is -0.497 e. The largest absolute Gasteiger partial charge is 0.497 e. The molecule has 1 aliphatic carbocycles.